The molecule has 0 aromatic heterocycles. The van der Waals surface area contributed by atoms with Crippen molar-refractivity contribution in [3.63, 3.8) is 0 Å². The van der Waals surface area contributed by atoms with Crippen LogP contribution in [0.25, 0.3) is 0 Å². The number of anilines is 1. The van der Waals surface area contributed by atoms with E-state index < -0.39 is 12.0 Å². The van der Waals surface area contributed by atoms with E-state index in [0.717, 1.165) is 5.56 Å². The fraction of sp³-hybridized carbons (Fsp3) is 0.160. The molecule has 7 nitrogen and oxygen atoms in total. The van der Waals surface area contributed by atoms with Gasteiger partial charge in [0.2, 0.25) is 5.91 Å². The Balaban J connectivity index is 1.48. The Morgan fingerprint density at radius 1 is 0.909 bits per heavy atom. The molecule has 3 aromatic rings. The molecular formula is C25H23FN2O5. The first-order chi connectivity index (χ1) is 15.9. The van der Waals surface area contributed by atoms with Crippen LogP contribution in [0.1, 0.15) is 28.4 Å². The third kappa shape index (κ3) is 7.17. The average molecular weight is 450 g/mol. The van der Waals surface area contributed by atoms with Crippen LogP contribution in [0.2, 0.25) is 0 Å². The lowest BCUT2D eigenvalue weighted by Crippen LogP contribution is -2.24. The first kappa shape index (κ1) is 23.5. The lowest BCUT2D eigenvalue weighted by molar-refractivity contribution is -0.120. The number of benzene rings is 3. The van der Waals surface area contributed by atoms with Gasteiger partial charge in [-0.15, -0.1) is 0 Å². The van der Waals surface area contributed by atoms with Crippen molar-refractivity contribution >= 4 is 23.7 Å². The highest BCUT2D eigenvalue weighted by molar-refractivity contribution is 6.04. The number of nitrogens with one attached hydrogen (secondary N) is 2. The fourth-order valence-electron chi connectivity index (χ4n) is 2.90. The van der Waals surface area contributed by atoms with E-state index in [-0.39, 0.29) is 37.1 Å². The number of hydrogen-bond acceptors (Lipinski definition) is 5. The summed E-state index contributed by atoms with van der Waals surface area (Å²) < 4.78 is 23.3. The van der Waals surface area contributed by atoms with Crippen LogP contribution < -0.4 is 15.4 Å². The Bertz CT molecular complexity index is 1110. The molecule has 0 aliphatic rings. The zero-order chi connectivity index (χ0) is 23.6. The van der Waals surface area contributed by atoms with Gasteiger partial charge >= 0.3 is 6.16 Å². The lowest BCUT2D eigenvalue weighted by atomic mass is 10.1. The summed E-state index contributed by atoms with van der Waals surface area (Å²) in [6, 6.07) is 19.2. The second-order valence-corrected chi connectivity index (χ2v) is 7.01. The van der Waals surface area contributed by atoms with Crippen molar-refractivity contribution in [2.75, 3.05) is 11.9 Å². The third-order valence-corrected chi connectivity index (χ3v) is 4.59. The minimum absolute atomic E-state index is 0.0373. The zero-order valence-electron chi connectivity index (χ0n) is 18.0. The largest absolute Gasteiger partial charge is 0.513 e. The quantitative estimate of drug-likeness (QED) is 0.390. The molecule has 2 amide bonds. The minimum Gasteiger partial charge on any atom is -0.434 e. The topological polar surface area (TPSA) is 93.7 Å². The van der Waals surface area contributed by atoms with Crippen molar-refractivity contribution in [2.24, 2.45) is 0 Å². The third-order valence-electron chi connectivity index (χ3n) is 4.59. The molecule has 0 heterocycles. The van der Waals surface area contributed by atoms with Crippen LogP contribution in [0.4, 0.5) is 14.9 Å². The number of amides is 2. The molecule has 0 radical (unpaired) electrons. The van der Waals surface area contributed by atoms with E-state index in [0.29, 0.717) is 16.8 Å². The number of rotatable bonds is 8. The lowest BCUT2D eigenvalue weighted by Gasteiger charge is -2.09. The van der Waals surface area contributed by atoms with Gasteiger partial charge in [-0.1, -0.05) is 30.3 Å². The summed E-state index contributed by atoms with van der Waals surface area (Å²) in [4.78, 5) is 35.8. The summed E-state index contributed by atoms with van der Waals surface area (Å²) in [6.45, 7) is 2.16. The molecule has 3 rings (SSSR count). The molecule has 0 aliphatic carbocycles. The molecule has 3 aromatic carbocycles. The van der Waals surface area contributed by atoms with Crippen molar-refractivity contribution in [2.45, 2.75) is 19.9 Å². The highest BCUT2D eigenvalue weighted by Crippen LogP contribution is 2.16. The smallest absolute Gasteiger partial charge is 0.434 e. The summed E-state index contributed by atoms with van der Waals surface area (Å²) in [5.74, 6) is -0.753. The van der Waals surface area contributed by atoms with Crippen molar-refractivity contribution < 1.29 is 28.2 Å². The molecule has 0 spiro atoms. The van der Waals surface area contributed by atoms with Gasteiger partial charge in [0.05, 0.1) is 13.0 Å². The highest BCUT2D eigenvalue weighted by atomic mass is 19.1. The predicted octanol–water partition coefficient (Wildman–Crippen LogP) is 4.47. The Labute approximate surface area is 190 Å². The van der Waals surface area contributed by atoms with Gasteiger partial charge in [-0.3, -0.25) is 9.59 Å². The van der Waals surface area contributed by atoms with Gasteiger partial charge < -0.3 is 20.1 Å². The number of halogens is 1. The van der Waals surface area contributed by atoms with E-state index in [9.17, 15) is 18.8 Å². The van der Waals surface area contributed by atoms with Crippen LogP contribution in [-0.2, 0) is 22.5 Å². The van der Waals surface area contributed by atoms with Crippen LogP contribution in [0.15, 0.2) is 72.8 Å². The van der Waals surface area contributed by atoms with E-state index >= 15 is 0 Å². The van der Waals surface area contributed by atoms with Crippen molar-refractivity contribution in [1.82, 2.24) is 5.32 Å². The Kier molecular flexibility index (Phi) is 8.13. The molecule has 0 aliphatic heterocycles. The van der Waals surface area contributed by atoms with Crippen LogP contribution >= 0.6 is 0 Å². The molecule has 0 atom stereocenters. The van der Waals surface area contributed by atoms with Gasteiger partial charge in [-0.05, 0) is 60.5 Å². The molecule has 0 saturated heterocycles. The van der Waals surface area contributed by atoms with Gasteiger partial charge in [0.15, 0.2) is 0 Å². The van der Waals surface area contributed by atoms with E-state index in [1.54, 1.807) is 49.4 Å². The van der Waals surface area contributed by atoms with E-state index in [1.165, 1.54) is 30.3 Å². The molecule has 0 bridgehead atoms. The summed E-state index contributed by atoms with van der Waals surface area (Å²) in [5, 5.41) is 5.52. The van der Waals surface area contributed by atoms with E-state index in [2.05, 4.69) is 10.6 Å². The van der Waals surface area contributed by atoms with E-state index in [4.69, 9.17) is 9.47 Å². The number of carbonyl (C=O) groups excluding carboxylic acids is 3. The Morgan fingerprint density at radius 3 is 2.27 bits per heavy atom. The van der Waals surface area contributed by atoms with Crippen LogP contribution in [0.5, 0.6) is 5.75 Å². The van der Waals surface area contributed by atoms with Gasteiger partial charge in [-0.2, -0.15) is 0 Å². The van der Waals surface area contributed by atoms with Gasteiger partial charge in [0.25, 0.3) is 5.91 Å². The maximum Gasteiger partial charge on any atom is 0.513 e. The molecule has 0 fully saturated rings. The molecular weight excluding hydrogens is 427 g/mol. The predicted molar refractivity (Wildman–Crippen MR) is 120 cm³/mol. The van der Waals surface area contributed by atoms with Crippen LogP contribution in [0, 0.1) is 5.82 Å². The van der Waals surface area contributed by atoms with E-state index in [1.807, 2.05) is 0 Å². The highest BCUT2D eigenvalue weighted by Gasteiger charge is 2.10. The SMILES string of the molecule is CCOC(=O)Oc1ccc(C(=O)Nc2ccc(CNC(=O)Cc3ccccc3F)cc2)cc1. The minimum atomic E-state index is -0.807. The molecule has 33 heavy (non-hydrogen) atoms. The van der Waals surface area contributed by atoms with Crippen LogP contribution in [0.3, 0.4) is 0 Å². The molecule has 0 unspecified atom stereocenters. The molecule has 0 saturated carbocycles. The van der Waals surface area contributed by atoms with Crippen molar-refractivity contribution in [3.8, 4) is 5.75 Å². The maximum absolute atomic E-state index is 13.6. The molecule has 170 valence electrons. The Hall–Kier alpha value is -4.20. The van der Waals surface area contributed by atoms with Crippen molar-refractivity contribution in [1.29, 1.82) is 0 Å². The second-order valence-electron chi connectivity index (χ2n) is 7.01. The summed E-state index contributed by atoms with van der Waals surface area (Å²) in [5.41, 5.74) is 2.13. The normalized spacial score (nSPS) is 10.2. The van der Waals surface area contributed by atoms with Gasteiger partial charge in [-0.25, -0.2) is 9.18 Å². The summed E-state index contributed by atoms with van der Waals surface area (Å²) >= 11 is 0. The molecule has 8 heteroatoms. The maximum atomic E-state index is 13.6. The van der Waals surface area contributed by atoms with Gasteiger partial charge in [0.1, 0.15) is 11.6 Å². The molecule has 2 N–H and O–H groups in total. The first-order valence-electron chi connectivity index (χ1n) is 10.3. The van der Waals surface area contributed by atoms with Gasteiger partial charge in [0, 0.05) is 17.8 Å². The number of hydrogen-bond donors (Lipinski definition) is 2. The number of carbonyl (C=O) groups is 3. The monoisotopic (exact) mass is 450 g/mol. The summed E-state index contributed by atoms with van der Waals surface area (Å²) in [7, 11) is 0. The Morgan fingerprint density at radius 2 is 1.61 bits per heavy atom. The second kappa shape index (κ2) is 11.4. The zero-order valence-corrected chi connectivity index (χ0v) is 18.0. The summed E-state index contributed by atoms with van der Waals surface area (Å²) in [6.07, 6.45) is -0.844. The first-order valence-corrected chi connectivity index (χ1v) is 10.3. The fourth-order valence-corrected chi connectivity index (χ4v) is 2.90. The number of ether oxygens (including phenoxy) is 2. The standard InChI is InChI=1S/C25H23FN2O5/c1-2-32-25(31)33-21-13-9-18(10-14-21)24(30)28-20-11-7-17(8-12-20)16-27-23(29)15-19-5-3-4-6-22(19)26/h3-14H,2,15-16H2,1H3,(H,27,29)(H,28,30). The van der Waals surface area contributed by atoms with Crippen molar-refractivity contribution in [3.05, 3.63) is 95.3 Å². The van der Waals surface area contributed by atoms with Crippen LogP contribution in [-0.4, -0.2) is 24.6 Å². The average Bonchev–Trinajstić information content (AvgIpc) is 2.81.